The molecule has 0 unspecified atom stereocenters. The Balaban J connectivity index is 3.40. The van der Waals surface area contributed by atoms with Crippen LogP contribution in [0.15, 0.2) is 6.07 Å². The molecule has 0 aliphatic rings. The summed E-state index contributed by atoms with van der Waals surface area (Å²) in [6.45, 7) is 0. The van der Waals surface area contributed by atoms with Crippen molar-refractivity contribution in [2.24, 2.45) is 0 Å². The minimum atomic E-state index is -3.33. The van der Waals surface area contributed by atoms with Crippen LogP contribution in [0.4, 0.5) is 19.0 Å². The van der Waals surface area contributed by atoms with E-state index in [4.69, 9.17) is 5.26 Å². The van der Waals surface area contributed by atoms with Crippen molar-refractivity contribution in [3.8, 4) is 6.07 Å². The summed E-state index contributed by atoms with van der Waals surface area (Å²) >= 11 is 0. The van der Waals surface area contributed by atoms with Gasteiger partial charge in [0.15, 0.2) is 11.3 Å². The highest BCUT2D eigenvalue weighted by Crippen LogP contribution is 2.30. The molecular weight excluding hydrogens is 227 g/mol. The van der Waals surface area contributed by atoms with Crippen LogP contribution in [0.1, 0.15) is 17.7 Å². The molecule has 0 N–H and O–H groups in total. The number of hydrogen-bond acceptors (Lipinski definition) is 4. The number of nitrogens with zero attached hydrogens (tertiary/aromatic N) is 3. The fourth-order valence-electron chi connectivity index (χ4n) is 1.07. The van der Waals surface area contributed by atoms with Crippen molar-refractivity contribution in [1.82, 2.24) is 4.98 Å². The van der Waals surface area contributed by atoms with E-state index in [9.17, 15) is 23.3 Å². The summed E-state index contributed by atoms with van der Waals surface area (Å²) in [5.74, 6) is -2.68. The second-order valence-corrected chi connectivity index (χ2v) is 2.73. The van der Waals surface area contributed by atoms with Crippen molar-refractivity contribution in [2.45, 2.75) is 12.8 Å². The zero-order valence-corrected chi connectivity index (χ0v) is 7.65. The summed E-state index contributed by atoms with van der Waals surface area (Å²) in [5, 5.41) is 18.7. The topological polar surface area (TPSA) is 79.8 Å². The zero-order chi connectivity index (χ0) is 12.3. The first-order valence-corrected chi connectivity index (χ1v) is 3.96. The van der Waals surface area contributed by atoms with E-state index in [-0.39, 0.29) is 12.1 Å². The van der Waals surface area contributed by atoms with Gasteiger partial charge in [0.1, 0.15) is 12.2 Å². The average molecular weight is 231 g/mol. The number of halogens is 3. The van der Waals surface area contributed by atoms with Crippen molar-refractivity contribution in [2.75, 3.05) is 0 Å². The molecule has 1 rings (SSSR count). The lowest BCUT2D eigenvalue weighted by molar-refractivity contribution is -0.391. The maximum atomic E-state index is 13.1. The Labute approximate surface area is 87.3 Å². The minimum Gasteiger partial charge on any atom is -0.358 e. The number of hydrogen-bond donors (Lipinski definition) is 0. The highest BCUT2D eigenvalue weighted by atomic mass is 19.3. The molecule has 1 aromatic rings. The monoisotopic (exact) mass is 231 g/mol. The Morgan fingerprint density at radius 2 is 2.25 bits per heavy atom. The number of pyridine rings is 1. The van der Waals surface area contributed by atoms with E-state index in [1.54, 1.807) is 6.07 Å². The number of alkyl halides is 2. The standard InChI is InChI=1S/C8H4F3N3O2/c9-5-3-4(1-2-12)13-8(14(15)16)6(5)7(10)11/h3,7H,1H2. The van der Waals surface area contributed by atoms with E-state index in [1.807, 2.05) is 0 Å². The van der Waals surface area contributed by atoms with Crippen LogP contribution in [0.25, 0.3) is 0 Å². The molecule has 0 amide bonds. The van der Waals surface area contributed by atoms with Crippen LogP contribution >= 0.6 is 0 Å². The third kappa shape index (κ3) is 2.25. The minimum absolute atomic E-state index is 0.254. The summed E-state index contributed by atoms with van der Waals surface area (Å²) in [6, 6.07) is 2.18. The molecule has 0 saturated carbocycles. The van der Waals surface area contributed by atoms with Gasteiger partial charge in [-0.15, -0.1) is 0 Å². The van der Waals surface area contributed by atoms with Gasteiger partial charge < -0.3 is 10.1 Å². The van der Waals surface area contributed by atoms with Gasteiger partial charge in [0.2, 0.25) is 0 Å². The Bertz CT molecular complexity index is 470. The highest BCUT2D eigenvalue weighted by molar-refractivity contribution is 5.37. The first-order chi connectivity index (χ1) is 7.47. The zero-order valence-electron chi connectivity index (χ0n) is 7.65. The Morgan fingerprint density at radius 3 is 2.69 bits per heavy atom. The van der Waals surface area contributed by atoms with E-state index in [2.05, 4.69) is 4.98 Å². The average Bonchev–Trinajstić information content (AvgIpc) is 2.16. The van der Waals surface area contributed by atoms with Gasteiger partial charge in [-0.2, -0.15) is 5.26 Å². The van der Waals surface area contributed by atoms with Crippen molar-refractivity contribution in [1.29, 1.82) is 5.26 Å². The quantitative estimate of drug-likeness (QED) is 0.589. The molecule has 16 heavy (non-hydrogen) atoms. The second-order valence-electron chi connectivity index (χ2n) is 2.73. The number of nitriles is 1. The highest BCUT2D eigenvalue weighted by Gasteiger charge is 2.29. The van der Waals surface area contributed by atoms with Gasteiger partial charge in [0, 0.05) is 6.07 Å². The Hall–Kier alpha value is -2.17. The van der Waals surface area contributed by atoms with Crippen LogP contribution in [0, 0.1) is 27.3 Å². The summed E-state index contributed by atoms with van der Waals surface area (Å²) in [5.41, 5.74) is -1.61. The van der Waals surface area contributed by atoms with Gasteiger partial charge in [-0.05, 0) is 9.91 Å². The van der Waals surface area contributed by atoms with Gasteiger partial charge in [-0.1, -0.05) is 0 Å². The maximum absolute atomic E-state index is 13.1. The molecule has 1 heterocycles. The number of aromatic nitrogens is 1. The first-order valence-electron chi connectivity index (χ1n) is 3.96. The van der Waals surface area contributed by atoms with Crippen LogP contribution in [0.2, 0.25) is 0 Å². The lowest BCUT2D eigenvalue weighted by atomic mass is 10.2. The summed E-state index contributed by atoms with van der Waals surface area (Å²) in [4.78, 5) is 12.4. The fraction of sp³-hybridized carbons (Fsp3) is 0.250. The van der Waals surface area contributed by atoms with Crippen molar-refractivity contribution in [3.63, 3.8) is 0 Å². The normalized spacial score (nSPS) is 10.2. The fourth-order valence-corrected chi connectivity index (χ4v) is 1.07. The van der Waals surface area contributed by atoms with Crippen LogP contribution in [-0.4, -0.2) is 9.91 Å². The van der Waals surface area contributed by atoms with E-state index < -0.39 is 28.5 Å². The predicted molar refractivity (Wildman–Crippen MR) is 45.1 cm³/mol. The molecule has 8 heteroatoms. The Kier molecular flexibility index (Phi) is 3.40. The van der Waals surface area contributed by atoms with E-state index in [0.717, 1.165) is 0 Å². The van der Waals surface area contributed by atoms with E-state index in [0.29, 0.717) is 6.07 Å². The van der Waals surface area contributed by atoms with Crippen molar-refractivity contribution < 1.29 is 18.1 Å². The molecule has 0 aliphatic heterocycles. The largest absolute Gasteiger partial charge is 0.375 e. The molecule has 0 radical (unpaired) electrons. The maximum Gasteiger partial charge on any atom is 0.375 e. The molecule has 5 nitrogen and oxygen atoms in total. The smallest absolute Gasteiger partial charge is 0.358 e. The van der Waals surface area contributed by atoms with Crippen LogP contribution < -0.4 is 0 Å². The lowest BCUT2D eigenvalue weighted by Crippen LogP contribution is -2.05. The van der Waals surface area contributed by atoms with Crippen molar-refractivity contribution >= 4 is 5.82 Å². The van der Waals surface area contributed by atoms with E-state index in [1.165, 1.54) is 0 Å². The number of nitro groups is 1. The molecule has 1 aromatic heterocycles. The van der Waals surface area contributed by atoms with Gasteiger partial charge in [0.25, 0.3) is 6.43 Å². The molecule has 0 aliphatic carbocycles. The van der Waals surface area contributed by atoms with Crippen LogP contribution in [-0.2, 0) is 6.42 Å². The molecule has 0 aromatic carbocycles. The van der Waals surface area contributed by atoms with Gasteiger partial charge >= 0.3 is 5.82 Å². The Morgan fingerprint density at radius 1 is 1.62 bits per heavy atom. The summed E-state index contributed by atoms with van der Waals surface area (Å²) in [6.07, 6.45) is -3.72. The molecule has 84 valence electrons. The van der Waals surface area contributed by atoms with Crippen molar-refractivity contribution in [3.05, 3.63) is 33.3 Å². The SMILES string of the molecule is N#CCc1cc(F)c(C(F)F)c([N+](=O)[O-])n1. The van der Waals surface area contributed by atoms with Crippen LogP contribution in [0.5, 0.6) is 0 Å². The molecule has 0 atom stereocenters. The van der Waals surface area contributed by atoms with Crippen LogP contribution in [0.3, 0.4) is 0 Å². The van der Waals surface area contributed by atoms with Gasteiger partial charge in [-0.25, -0.2) is 13.2 Å². The van der Waals surface area contributed by atoms with Gasteiger partial charge in [-0.3, -0.25) is 0 Å². The lowest BCUT2D eigenvalue weighted by Gasteiger charge is -2.03. The molecular formula is C8H4F3N3O2. The third-order valence-corrected chi connectivity index (χ3v) is 1.69. The molecule has 0 spiro atoms. The van der Waals surface area contributed by atoms with Gasteiger partial charge in [0.05, 0.1) is 6.07 Å². The first kappa shape index (κ1) is 11.9. The number of rotatable bonds is 3. The molecule has 0 fully saturated rings. The summed E-state index contributed by atoms with van der Waals surface area (Å²) in [7, 11) is 0. The second kappa shape index (κ2) is 4.57. The third-order valence-electron chi connectivity index (χ3n) is 1.69. The molecule has 0 bridgehead atoms. The molecule has 0 saturated heterocycles. The predicted octanol–water partition coefficient (Wildman–Crippen LogP) is 2.13. The summed E-state index contributed by atoms with van der Waals surface area (Å²) < 4.78 is 37.7. The van der Waals surface area contributed by atoms with E-state index >= 15 is 0 Å².